The Hall–Kier alpha value is -2.59. The number of hydrogen-bond donors (Lipinski definition) is 1. The van der Waals surface area contributed by atoms with Crippen molar-refractivity contribution in [2.45, 2.75) is 69.5 Å². The minimum atomic E-state index is -4.25. The van der Waals surface area contributed by atoms with Gasteiger partial charge in [0.05, 0.1) is 20.6 Å². The summed E-state index contributed by atoms with van der Waals surface area (Å²) in [6.45, 7) is 3.02. The van der Waals surface area contributed by atoms with Gasteiger partial charge < -0.3 is 10.2 Å². The van der Waals surface area contributed by atoms with Crippen LogP contribution in [-0.2, 0) is 26.2 Å². The van der Waals surface area contributed by atoms with Crippen LogP contribution in [0.3, 0.4) is 0 Å². The first-order valence-corrected chi connectivity index (χ1v) is 16.8. The standard InChI is InChI=1S/C31H34BrCl2N3O4S/c1-21-14-16-26(17-15-21)42(40,41)37(28-13-7-12-27(33)30(28)34)20-29(38)36(19-23-8-6-9-24(32)18-23)22(2)31(39)35-25-10-4-3-5-11-25/h6-9,12-18,22,25H,3-5,10-11,19-20H2,1-2H3,(H,35,39)/t22-/m0/s1. The van der Waals surface area contributed by atoms with E-state index in [4.69, 9.17) is 23.2 Å². The van der Waals surface area contributed by atoms with Crippen LogP contribution in [0, 0.1) is 6.92 Å². The first kappa shape index (κ1) is 32.3. The number of amides is 2. The second-order valence-electron chi connectivity index (χ2n) is 10.6. The lowest BCUT2D eigenvalue weighted by Crippen LogP contribution is -2.53. The van der Waals surface area contributed by atoms with E-state index in [0.717, 1.165) is 52.0 Å². The van der Waals surface area contributed by atoms with Gasteiger partial charge in [0.1, 0.15) is 12.6 Å². The zero-order valence-electron chi connectivity index (χ0n) is 23.5. The Balaban J connectivity index is 1.71. The van der Waals surface area contributed by atoms with Gasteiger partial charge in [-0.15, -0.1) is 0 Å². The first-order chi connectivity index (χ1) is 20.0. The number of benzene rings is 3. The van der Waals surface area contributed by atoms with E-state index >= 15 is 0 Å². The van der Waals surface area contributed by atoms with Crippen molar-refractivity contribution >= 4 is 66.7 Å². The maximum absolute atomic E-state index is 14.1. The molecular formula is C31H34BrCl2N3O4S. The van der Waals surface area contributed by atoms with E-state index in [1.165, 1.54) is 23.1 Å². The van der Waals surface area contributed by atoms with Crippen LogP contribution >= 0.6 is 39.1 Å². The minimum Gasteiger partial charge on any atom is -0.352 e. The van der Waals surface area contributed by atoms with Gasteiger partial charge in [-0.1, -0.05) is 94.3 Å². The highest BCUT2D eigenvalue weighted by atomic mass is 79.9. The lowest BCUT2D eigenvalue weighted by atomic mass is 9.95. The molecule has 0 aliphatic heterocycles. The Kier molecular flexibility index (Phi) is 11.0. The Bertz CT molecular complexity index is 1530. The molecule has 0 heterocycles. The fourth-order valence-corrected chi connectivity index (χ4v) is 7.34. The number of sulfonamides is 1. The summed E-state index contributed by atoms with van der Waals surface area (Å²) in [7, 11) is -4.25. The summed E-state index contributed by atoms with van der Waals surface area (Å²) < 4.78 is 29.8. The molecule has 1 fully saturated rings. The topological polar surface area (TPSA) is 86.8 Å². The molecule has 1 atom stereocenters. The maximum atomic E-state index is 14.1. The number of carbonyl (C=O) groups is 2. The van der Waals surface area contributed by atoms with Gasteiger partial charge in [-0.05, 0) is 68.7 Å². The van der Waals surface area contributed by atoms with Gasteiger partial charge in [0, 0.05) is 17.1 Å². The van der Waals surface area contributed by atoms with Crippen LogP contribution in [0.5, 0.6) is 0 Å². The number of nitrogens with zero attached hydrogens (tertiary/aromatic N) is 2. The second-order valence-corrected chi connectivity index (χ2v) is 14.1. The Morgan fingerprint density at radius 1 is 1.00 bits per heavy atom. The predicted octanol–water partition coefficient (Wildman–Crippen LogP) is 7.13. The van der Waals surface area contributed by atoms with Crippen LogP contribution in [0.15, 0.2) is 76.1 Å². The Morgan fingerprint density at radius 3 is 2.33 bits per heavy atom. The molecule has 42 heavy (non-hydrogen) atoms. The predicted molar refractivity (Wildman–Crippen MR) is 171 cm³/mol. The fraction of sp³-hybridized carbons (Fsp3) is 0.355. The quantitative estimate of drug-likeness (QED) is 0.245. The fourth-order valence-electron chi connectivity index (χ4n) is 5.02. The third-order valence-electron chi connectivity index (χ3n) is 7.45. The van der Waals surface area contributed by atoms with Crippen LogP contribution in [0.1, 0.15) is 50.2 Å². The van der Waals surface area contributed by atoms with Crippen molar-refractivity contribution in [3.63, 3.8) is 0 Å². The highest BCUT2D eigenvalue weighted by Crippen LogP contribution is 2.35. The van der Waals surface area contributed by atoms with Gasteiger partial charge in [0.15, 0.2) is 0 Å². The Morgan fingerprint density at radius 2 is 1.67 bits per heavy atom. The number of rotatable bonds is 10. The van der Waals surface area contributed by atoms with Crippen molar-refractivity contribution in [3.8, 4) is 0 Å². The summed E-state index contributed by atoms with van der Waals surface area (Å²) in [6.07, 6.45) is 5.03. The van der Waals surface area contributed by atoms with Gasteiger partial charge in [-0.3, -0.25) is 13.9 Å². The van der Waals surface area contributed by atoms with E-state index in [0.29, 0.717) is 0 Å². The summed E-state index contributed by atoms with van der Waals surface area (Å²) >= 11 is 16.2. The van der Waals surface area contributed by atoms with Crippen molar-refractivity contribution < 1.29 is 18.0 Å². The SMILES string of the molecule is Cc1ccc(S(=O)(=O)N(CC(=O)N(Cc2cccc(Br)c2)[C@@H](C)C(=O)NC2CCCCC2)c2cccc(Cl)c2Cl)cc1. The molecule has 0 spiro atoms. The number of nitrogens with one attached hydrogen (secondary N) is 1. The van der Waals surface area contributed by atoms with E-state index in [2.05, 4.69) is 21.2 Å². The van der Waals surface area contributed by atoms with Crippen molar-refractivity contribution in [2.24, 2.45) is 0 Å². The molecule has 1 N–H and O–H groups in total. The smallest absolute Gasteiger partial charge is 0.264 e. The third kappa shape index (κ3) is 7.86. The number of anilines is 1. The van der Waals surface area contributed by atoms with E-state index in [-0.39, 0.29) is 39.1 Å². The molecule has 1 aliphatic rings. The van der Waals surface area contributed by atoms with E-state index < -0.39 is 28.5 Å². The molecule has 0 radical (unpaired) electrons. The molecule has 0 saturated heterocycles. The second kappa shape index (κ2) is 14.3. The van der Waals surface area contributed by atoms with Gasteiger partial charge in [-0.2, -0.15) is 0 Å². The molecule has 0 bridgehead atoms. The molecule has 0 aromatic heterocycles. The molecule has 0 unspecified atom stereocenters. The van der Waals surface area contributed by atoms with Gasteiger partial charge >= 0.3 is 0 Å². The molecule has 11 heteroatoms. The van der Waals surface area contributed by atoms with Crippen LogP contribution in [0.25, 0.3) is 0 Å². The molecule has 3 aromatic carbocycles. The van der Waals surface area contributed by atoms with Gasteiger partial charge in [0.25, 0.3) is 10.0 Å². The molecule has 1 aliphatic carbocycles. The number of hydrogen-bond acceptors (Lipinski definition) is 4. The van der Waals surface area contributed by atoms with Gasteiger partial charge in [-0.25, -0.2) is 8.42 Å². The molecule has 1 saturated carbocycles. The lowest BCUT2D eigenvalue weighted by molar-refractivity contribution is -0.139. The number of halogens is 3. The molecule has 4 rings (SSSR count). The normalized spacial score (nSPS) is 14.7. The summed E-state index contributed by atoms with van der Waals surface area (Å²) in [4.78, 5) is 29.0. The van der Waals surface area contributed by atoms with Crippen molar-refractivity contribution in [2.75, 3.05) is 10.8 Å². The van der Waals surface area contributed by atoms with Crippen LogP contribution in [0.2, 0.25) is 10.0 Å². The molecular weight excluding hydrogens is 661 g/mol. The highest BCUT2D eigenvalue weighted by Gasteiger charge is 2.34. The summed E-state index contributed by atoms with van der Waals surface area (Å²) in [6, 6.07) is 17.6. The zero-order chi connectivity index (χ0) is 30.4. The summed E-state index contributed by atoms with van der Waals surface area (Å²) in [5, 5.41) is 3.26. The van der Waals surface area contributed by atoms with Crippen LogP contribution in [0.4, 0.5) is 5.69 Å². The van der Waals surface area contributed by atoms with Crippen LogP contribution < -0.4 is 9.62 Å². The van der Waals surface area contributed by atoms with Crippen LogP contribution in [-0.4, -0.2) is 43.8 Å². The summed E-state index contributed by atoms with van der Waals surface area (Å²) in [5.41, 5.74) is 1.74. The summed E-state index contributed by atoms with van der Waals surface area (Å²) in [5.74, 6) is -0.841. The maximum Gasteiger partial charge on any atom is 0.264 e. The van der Waals surface area contributed by atoms with E-state index in [1.54, 1.807) is 31.2 Å². The minimum absolute atomic E-state index is 0.00132. The Labute approximate surface area is 266 Å². The van der Waals surface area contributed by atoms with Crippen molar-refractivity contribution in [3.05, 3.63) is 92.4 Å². The van der Waals surface area contributed by atoms with Crippen molar-refractivity contribution in [1.29, 1.82) is 0 Å². The third-order valence-corrected chi connectivity index (χ3v) is 10.5. The van der Waals surface area contributed by atoms with E-state index in [9.17, 15) is 18.0 Å². The molecule has 224 valence electrons. The largest absolute Gasteiger partial charge is 0.352 e. The average molecular weight is 696 g/mol. The van der Waals surface area contributed by atoms with Crippen molar-refractivity contribution in [1.82, 2.24) is 10.2 Å². The van der Waals surface area contributed by atoms with E-state index in [1.807, 2.05) is 31.2 Å². The highest BCUT2D eigenvalue weighted by molar-refractivity contribution is 9.10. The number of carbonyl (C=O) groups excluding carboxylic acids is 2. The molecule has 7 nitrogen and oxygen atoms in total. The zero-order valence-corrected chi connectivity index (χ0v) is 27.4. The average Bonchev–Trinajstić information content (AvgIpc) is 2.96. The first-order valence-electron chi connectivity index (χ1n) is 13.8. The lowest BCUT2D eigenvalue weighted by Gasteiger charge is -2.33. The monoisotopic (exact) mass is 693 g/mol. The number of aryl methyl sites for hydroxylation is 1. The van der Waals surface area contributed by atoms with Gasteiger partial charge in [0.2, 0.25) is 11.8 Å². The molecule has 2 amide bonds. The molecule has 3 aromatic rings.